The number of halogens is 2. The van der Waals surface area contributed by atoms with E-state index in [1.807, 2.05) is 25.1 Å². The lowest BCUT2D eigenvalue weighted by Gasteiger charge is -2.12. The van der Waals surface area contributed by atoms with Crippen LogP contribution in [0.25, 0.3) is 0 Å². The van der Waals surface area contributed by atoms with Crippen LogP contribution in [-0.4, -0.2) is 13.7 Å². The Kier molecular flexibility index (Phi) is 5.28. The largest absolute Gasteiger partial charge is 0.493 e. The lowest BCUT2D eigenvalue weighted by atomic mass is 10.2. The summed E-state index contributed by atoms with van der Waals surface area (Å²) < 4.78 is 24.0. The van der Waals surface area contributed by atoms with Crippen LogP contribution in [0.15, 0.2) is 36.4 Å². The zero-order chi connectivity index (χ0) is 15.2. The summed E-state index contributed by atoms with van der Waals surface area (Å²) in [6.45, 7) is 2.98. The van der Waals surface area contributed by atoms with Crippen molar-refractivity contribution in [3.63, 3.8) is 0 Å². The summed E-state index contributed by atoms with van der Waals surface area (Å²) in [5, 5.41) is 3.59. The minimum absolute atomic E-state index is 0.327. The van der Waals surface area contributed by atoms with Gasteiger partial charge >= 0.3 is 0 Å². The molecule has 0 saturated carbocycles. The lowest BCUT2D eigenvalue weighted by molar-refractivity contribution is 0.310. The molecule has 0 saturated heterocycles. The third kappa shape index (κ3) is 4.02. The van der Waals surface area contributed by atoms with E-state index < -0.39 is 0 Å². The number of hydrogen-bond donors (Lipinski definition) is 1. The molecule has 5 heteroatoms. The average molecular weight is 310 g/mol. The van der Waals surface area contributed by atoms with Crippen molar-refractivity contribution in [2.24, 2.45) is 0 Å². The van der Waals surface area contributed by atoms with Gasteiger partial charge in [-0.2, -0.15) is 0 Å². The van der Waals surface area contributed by atoms with Crippen molar-refractivity contribution < 1.29 is 13.9 Å². The maximum atomic E-state index is 13.2. The number of benzene rings is 2. The van der Waals surface area contributed by atoms with Gasteiger partial charge in [0, 0.05) is 6.54 Å². The molecule has 3 nitrogen and oxygen atoms in total. The number of methoxy groups -OCH3 is 1. The summed E-state index contributed by atoms with van der Waals surface area (Å²) in [7, 11) is 1.60. The fourth-order valence-corrected chi connectivity index (χ4v) is 2.11. The van der Waals surface area contributed by atoms with Crippen LogP contribution in [0.5, 0.6) is 11.5 Å². The molecule has 0 bridgehead atoms. The average Bonchev–Trinajstić information content (AvgIpc) is 2.49. The molecule has 0 aliphatic heterocycles. The van der Waals surface area contributed by atoms with Crippen LogP contribution in [0.1, 0.15) is 12.5 Å². The SMILES string of the molecule is CCOc1cc(CNc2cc(F)ccc2Cl)ccc1OC. The fourth-order valence-electron chi connectivity index (χ4n) is 1.93. The molecule has 0 amide bonds. The fraction of sp³-hybridized carbons (Fsp3) is 0.250. The monoisotopic (exact) mass is 309 g/mol. The number of hydrogen-bond acceptors (Lipinski definition) is 3. The van der Waals surface area contributed by atoms with Crippen LogP contribution < -0.4 is 14.8 Å². The Morgan fingerprint density at radius 2 is 1.95 bits per heavy atom. The third-order valence-electron chi connectivity index (χ3n) is 2.94. The first-order chi connectivity index (χ1) is 10.1. The van der Waals surface area contributed by atoms with Crippen LogP contribution in [0.3, 0.4) is 0 Å². The van der Waals surface area contributed by atoms with E-state index in [0.717, 1.165) is 5.56 Å². The first kappa shape index (κ1) is 15.4. The van der Waals surface area contributed by atoms with Gasteiger partial charge in [0.2, 0.25) is 0 Å². The highest BCUT2D eigenvalue weighted by Crippen LogP contribution is 2.29. The molecule has 2 rings (SSSR count). The number of ether oxygens (including phenoxy) is 2. The number of anilines is 1. The van der Waals surface area contributed by atoms with Crippen LogP contribution >= 0.6 is 11.6 Å². The van der Waals surface area contributed by atoms with Gasteiger partial charge < -0.3 is 14.8 Å². The Hall–Kier alpha value is -1.94. The zero-order valence-electron chi connectivity index (χ0n) is 12.0. The van der Waals surface area contributed by atoms with Crippen molar-refractivity contribution in [2.45, 2.75) is 13.5 Å². The van der Waals surface area contributed by atoms with Gasteiger partial charge in [-0.1, -0.05) is 17.7 Å². The van der Waals surface area contributed by atoms with Crippen molar-refractivity contribution in [1.82, 2.24) is 0 Å². The number of nitrogens with one attached hydrogen (secondary N) is 1. The zero-order valence-corrected chi connectivity index (χ0v) is 12.7. The molecule has 21 heavy (non-hydrogen) atoms. The maximum absolute atomic E-state index is 13.2. The molecule has 0 spiro atoms. The Labute approximate surface area is 128 Å². The quantitative estimate of drug-likeness (QED) is 0.852. The number of rotatable bonds is 6. The predicted octanol–water partition coefficient (Wildman–Crippen LogP) is 4.50. The van der Waals surface area contributed by atoms with E-state index in [1.54, 1.807) is 7.11 Å². The van der Waals surface area contributed by atoms with Gasteiger partial charge in [0.1, 0.15) is 5.82 Å². The predicted molar refractivity (Wildman–Crippen MR) is 82.9 cm³/mol. The topological polar surface area (TPSA) is 30.5 Å². The molecule has 0 aromatic heterocycles. The van der Waals surface area contributed by atoms with Gasteiger partial charge in [0.05, 0.1) is 24.4 Å². The van der Waals surface area contributed by atoms with E-state index in [4.69, 9.17) is 21.1 Å². The maximum Gasteiger partial charge on any atom is 0.161 e. The van der Waals surface area contributed by atoms with E-state index >= 15 is 0 Å². The van der Waals surface area contributed by atoms with E-state index in [2.05, 4.69) is 5.32 Å². The Morgan fingerprint density at radius 3 is 2.67 bits per heavy atom. The molecule has 0 unspecified atom stereocenters. The molecule has 0 radical (unpaired) electrons. The molecule has 0 fully saturated rings. The summed E-state index contributed by atoms with van der Waals surface area (Å²) in [6.07, 6.45) is 0. The molecule has 1 N–H and O–H groups in total. The second-order valence-corrected chi connectivity index (χ2v) is 4.80. The van der Waals surface area contributed by atoms with E-state index in [9.17, 15) is 4.39 Å². The second kappa shape index (κ2) is 7.18. The minimum atomic E-state index is -0.327. The minimum Gasteiger partial charge on any atom is -0.493 e. The standard InChI is InChI=1S/C16H17ClFNO2/c1-3-21-16-8-11(4-7-15(16)20-2)10-19-14-9-12(18)5-6-13(14)17/h4-9,19H,3,10H2,1-2H3. The van der Waals surface area contributed by atoms with Crippen LogP contribution in [-0.2, 0) is 6.54 Å². The molecule has 112 valence electrons. The summed E-state index contributed by atoms with van der Waals surface area (Å²) in [5.74, 6) is 1.04. The van der Waals surface area contributed by atoms with Crippen LogP contribution in [0.4, 0.5) is 10.1 Å². The first-order valence-electron chi connectivity index (χ1n) is 6.62. The summed E-state index contributed by atoms with van der Waals surface area (Å²) in [4.78, 5) is 0. The molecule has 0 aliphatic rings. The van der Waals surface area contributed by atoms with Crippen LogP contribution in [0, 0.1) is 5.82 Å². The van der Waals surface area contributed by atoms with Gasteiger partial charge in [-0.25, -0.2) is 4.39 Å². The molecular formula is C16H17ClFNO2. The Balaban J connectivity index is 2.12. The molecule has 2 aromatic carbocycles. The van der Waals surface area contributed by atoms with Crippen molar-refractivity contribution in [3.05, 3.63) is 52.8 Å². The van der Waals surface area contributed by atoms with Crippen molar-refractivity contribution in [3.8, 4) is 11.5 Å². The molecular weight excluding hydrogens is 293 g/mol. The summed E-state index contributed by atoms with van der Waals surface area (Å²) >= 11 is 6.02. The second-order valence-electron chi connectivity index (χ2n) is 4.40. The summed E-state index contributed by atoms with van der Waals surface area (Å²) in [5.41, 5.74) is 1.55. The highest BCUT2D eigenvalue weighted by Gasteiger charge is 2.06. The molecule has 0 aliphatic carbocycles. The van der Waals surface area contributed by atoms with E-state index in [1.165, 1.54) is 18.2 Å². The van der Waals surface area contributed by atoms with Gasteiger partial charge in [0.15, 0.2) is 11.5 Å². The molecule has 2 aromatic rings. The highest BCUT2D eigenvalue weighted by atomic mass is 35.5. The van der Waals surface area contributed by atoms with Gasteiger partial charge in [-0.15, -0.1) is 0 Å². The van der Waals surface area contributed by atoms with Gasteiger partial charge in [-0.05, 0) is 42.8 Å². The van der Waals surface area contributed by atoms with E-state index in [0.29, 0.717) is 35.4 Å². The normalized spacial score (nSPS) is 10.3. The highest BCUT2D eigenvalue weighted by molar-refractivity contribution is 6.33. The van der Waals surface area contributed by atoms with E-state index in [-0.39, 0.29) is 5.82 Å². The smallest absolute Gasteiger partial charge is 0.161 e. The van der Waals surface area contributed by atoms with Crippen molar-refractivity contribution >= 4 is 17.3 Å². The van der Waals surface area contributed by atoms with Gasteiger partial charge in [0.25, 0.3) is 0 Å². The Bertz CT molecular complexity index is 619. The Morgan fingerprint density at radius 1 is 1.14 bits per heavy atom. The summed E-state index contributed by atoms with van der Waals surface area (Å²) in [6, 6.07) is 9.88. The first-order valence-corrected chi connectivity index (χ1v) is 7.00. The molecule has 0 heterocycles. The third-order valence-corrected chi connectivity index (χ3v) is 3.27. The van der Waals surface area contributed by atoms with Crippen LogP contribution in [0.2, 0.25) is 5.02 Å². The van der Waals surface area contributed by atoms with Crippen molar-refractivity contribution in [1.29, 1.82) is 0 Å². The lowest BCUT2D eigenvalue weighted by Crippen LogP contribution is -2.02. The van der Waals surface area contributed by atoms with Gasteiger partial charge in [-0.3, -0.25) is 0 Å². The van der Waals surface area contributed by atoms with Crippen molar-refractivity contribution in [2.75, 3.05) is 19.0 Å². The molecule has 0 atom stereocenters.